The van der Waals surface area contributed by atoms with Crippen LogP contribution < -0.4 is 11.0 Å². The van der Waals surface area contributed by atoms with Crippen LogP contribution in [0.3, 0.4) is 0 Å². The number of amides is 1. The molecule has 3 aromatic rings. The number of carbonyl (C=O) groups excluding carboxylic acids is 1. The smallest absolute Gasteiger partial charge is 0.410 e. The van der Waals surface area contributed by atoms with Crippen LogP contribution in [0.15, 0.2) is 59.4 Å². The Morgan fingerprint density at radius 2 is 1.83 bits per heavy atom. The van der Waals surface area contributed by atoms with Crippen molar-refractivity contribution in [3.05, 3.63) is 70.6 Å². The largest absolute Gasteiger partial charge is 0.445 e. The number of rotatable bonds is 5. The molecule has 1 fully saturated rings. The Bertz CT molecular complexity index is 1040. The predicted octanol–water partition coefficient (Wildman–Crippen LogP) is 2.34. The first-order valence-electron chi connectivity index (χ1n) is 9.97. The van der Waals surface area contributed by atoms with Gasteiger partial charge in [-0.3, -0.25) is 9.13 Å². The molecule has 0 bridgehead atoms. The molecule has 7 heteroatoms. The highest BCUT2D eigenvalue weighted by Gasteiger charge is 2.24. The molecule has 0 unspecified atom stereocenters. The number of hydrogen-bond acceptors (Lipinski definition) is 4. The van der Waals surface area contributed by atoms with Gasteiger partial charge in [-0.1, -0.05) is 42.5 Å². The second-order valence-electron chi connectivity index (χ2n) is 7.41. The van der Waals surface area contributed by atoms with Crippen molar-refractivity contribution in [2.24, 2.45) is 7.05 Å². The summed E-state index contributed by atoms with van der Waals surface area (Å²) in [4.78, 5) is 26.8. The summed E-state index contributed by atoms with van der Waals surface area (Å²) in [6, 6.07) is 17.6. The zero-order chi connectivity index (χ0) is 20.2. The normalized spacial score (nSPS) is 16.9. The lowest BCUT2D eigenvalue weighted by atomic mass is 10.1. The second kappa shape index (κ2) is 8.53. The number of ether oxygens (including phenoxy) is 1. The molecule has 1 amide bonds. The first-order chi connectivity index (χ1) is 14.1. The van der Waals surface area contributed by atoms with Crippen molar-refractivity contribution in [3.8, 4) is 0 Å². The Morgan fingerprint density at radius 1 is 1.10 bits per heavy atom. The lowest BCUT2D eigenvalue weighted by Gasteiger charge is -2.33. The van der Waals surface area contributed by atoms with Gasteiger partial charge in [0, 0.05) is 39.3 Å². The fourth-order valence-corrected chi connectivity index (χ4v) is 3.86. The molecule has 1 N–H and O–H groups in total. The van der Waals surface area contributed by atoms with E-state index in [2.05, 4.69) is 5.32 Å². The average Bonchev–Trinajstić information content (AvgIpc) is 3.01. The zero-order valence-electron chi connectivity index (χ0n) is 16.6. The topological polar surface area (TPSA) is 68.5 Å². The van der Waals surface area contributed by atoms with Crippen molar-refractivity contribution in [2.45, 2.75) is 25.6 Å². The van der Waals surface area contributed by atoms with Gasteiger partial charge in [-0.25, -0.2) is 9.59 Å². The van der Waals surface area contributed by atoms with Crippen molar-refractivity contribution in [1.29, 1.82) is 0 Å². The van der Waals surface area contributed by atoms with Crippen LogP contribution in [0.4, 0.5) is 4.79 Å². The first-order valence-corrected chi connectivity index (χ1v) is 9.97. The minimum absolute atomic E-state index is 0.0128. The number of hydrogen-bond donors (Lipinski definition) is 1. The Morgan fingerprint density at radius 3 is 2.62 bits per heavy atom. The highest BCUT2D eigenvalue weighted by atomic mass is 16.6. The number of aryl methyl sites for hydroxylation is 2. The number of carbonyl (C=O) groups is 1. The standard InChI is InChI=1S/C22H26N4O3/c1-24-19-9-5-6-10-20(19)26(21(24)27)13-11-18-15-25(14-12-23-18)22(28)29-16-17-7-3-2-4-8-17/h2-10,18,23H,11-16H2,1H3/t18-/m1/s1. The molecular weight excluding hydrogens is 368 g/mol. The minimum atomic E-state index is -0.289. The fraction of sp³-hybridized carbons (Fsp3) is 0.364. The van der Waals surface area contributed by atoms with Gasteiger partial charge in [-0.15, -0.1) is 0 Å². The summed E-state index contributed by atoms with van der Waals surface area (Å²) in [7, 11) is 1.80. The highest BCUT2D eigenvalue weighted by Crippen LogP contribution is 2.13. The van der Waals surface area contributed by atoms with Crippen LogP contribution in [0.1, 0.15) is 12.0 Å². The summed E-state index contributed by atoms with van der Waals surface area (Å²) < 4.78 is 8.95. The summed E-state index contributed by atoms with van der Waals surface area (Å²) in [6.07, 6.45) is 0.471. The van der Waals surface area contributed by atoms with Crippen LogP contribution in [-0.4, -0.2) is 45.8 Å². The van der Waals surface area contributed by atoms with Crippen LogP contribution in [-0.2, 0) is 24.9 Å². The summed E-state index contributed by atoms with van der Waals surface area (Å²) in [5.41, 5.74) is 2.83. The summed E-state index contributed by atoms with van der Waals surface area (Å²) in [5.74, 6) is 0. The second-order valence-corrected chi connectivity index (χ2v) is 7.41. The lowest BCUT2D eigenvalue weighted by Crippen LogP contribution is -2.53. The van der Waals surface area contributed by atoms with E-state index in [4.69, 9.17) is 4.74 Å². The molecule has 1 aliphatic rings. The Balaban J connectivity index is 1.35. The molecule has 2 aromatic carbocycles. The van der Waals surface area contributed by atoms with Gasteiger partial charge in [0.25, 0.3) is 0 Å². The van der Waals surface area contributed by atoms with E-state index in [1.54, 1.807) is 16.5 Å². The fourth-order valence-electron chi connectivity index (χ4n) is 3.86. The molecule has 1 saturated heterocycles. The molecule has 0 aliphatic carbocycles. The van der Waals surface area contributed by atoms with Crippen molar-refractivity contribution < 1.29 is 9.53 Å². The number of piperazine rings is 1. The molecule has 0 saturated carbocycles. The van der Waals surface area contributed by atoms with Gasteiger partial charge >= 0.3 is 11.8 Å². The number of para-hydroxylation sites is 2. The summed E-state index contributed by atoms with van der Waals surface area (Å²) in [6.45, 7) is 2.80. The SMILES string of the molecule is Cn1c(=O)n(CC[C@@H]2CN(C(=O)OCc3ccccc3)CCN2)c2ccccc21. The third-order valence-corrected chi connectivity index (χ3v) is 5.47. The average molecular weight is 394 g/mol. The van der Waals surface area contributed by atoms with E-state index in [1.165, 1.54) is 0 Å². The Kier molecular flexibility index (Phi) is 5.67. The van der Waals surface area contributed by atoms with E-state index < -0.39 is 0 Å². The van der Waals surface area contributed by atoms with Crippen molar-refractivity contribution in [1.82, 2.24) is 19.4 Å². The summed E-state index contributed by atoms with van der Waals surface area (Å²) >= 11 is 0. The number of nitrogens with zero attached hydrogens (tertiary/aromatic N) is 3. The van der Waals surface area contributed by atoms with Gasteiger partial charge in [0.1, 0.15) is 6.61 Å². The Labute approximate surface area is 169 Å². The van der Waals surface area contributed by atoms with Crippen molar-refractivity contribution >= 4 is 17.1 Å². The molecule has 1 aromatic heterocycles. The predicted molar refractivity (Wildman–Crippen MR) is 112 cm³/mol. The quantitative estimate of drug-likeness (QED) is 0.721. The minimum Gasteiger partial charge on any atom is -0.445 e. The third kappa shape index (κ3) is 4.19. The molecule has 2 heterocycles. The number of imidazole rings is 1. The molecule has 0 radical (unpaired) electrons. The van der Waals surface area contributed by atoms with Crippen LogP contribution in [0.25, 0.3) is 11.0 Å². The van der Waals surface area contributed by atoms with Crippen molar-refractivity contribution in [3.63, 3.8) is 0 Å². The molecule has 1 atom stereocenters. The number of aromatic nitrogens is 2. The maximum Gasteiger partial charge on any atom is 0.410 e. The van der Waals surface area contributed by atoms with E-state index in [0.29, 0.717) is 19.6 Å². The van der Waals surface area contributed by atoms with Gasteiger partial charge in [0.2, 0.25) is 0 Å². The van der Waals surface area contributed by atoms with Crippen molar-refractivity contribution in [2.75, 3.05) is 19.6 Å². The molecule has 4 rings (SSSR count). The van der Waals surface area contributed by atoms with Crippen LogP contribution in [0.5, 0.6) is 0 Å². The van der Waals surface area contributed by atoms with E-state index in [1.807, 2.05) is 59.2 Å². The van der Waals surface area contributed by atoms with Gasteiger partial charge in [0.05, 0.1) is 11.0 Å². The van der Waals surface area contributed by atoms with E-state index >= 15 is 0 Å². The molecule has 1 aliphatic heterocycles. The first kappa shape index (κ1) is 19.3. The molecule has 152 valence electrons. The van der Waals surface area contributed by atoms with E-state index in [9.17, 15) is 9.59 Å². The monoisotopic (exact) mass is 394 g/mol. The van der Waals surface area contributed by atoms with Gasteiger partial charge in [-0.2, -0.15) is 0 Å². The maximum atomic E-state index is 12.6. The Hall–Kier alpha value is -3.06. The summed E-state index contributed by atoms with van der Waals surface area (Å²) in [5, 5.41) is 3.45. The van der Waals surface area contributed by atoms with Crippen LogP contribution in [0.2, 0.25) is 0 Å². The maximum absolute atomic E-state index is 12.6. The van der Waals surface area contributed by atoms with Gasteiger partial charge in [-0.05, 0) is 24.1 Å². The van der Waals surface area contributed by atoms with Crippen LogP contribution in [0, 0.1) is 0 Å². The zero-order valence-corrected chi connectivity index (χ0v) is 16.6. The number of fused-ring (bicyclic) bond motifs is 1. The van der Waals surface area contributed by atoms with E-state index in [0.717, 1.165) is 29.6 Å². The van der Waals surface area contributed by atoms with Gasteiger partial charge in [0.15, 0.2) is 0 Å². The molecular formula is C22H26N4O3. The molecule has 0 spiro atoms. The lowest BCUT2D eigenvalue weighted by molar-refractivity contribution is 0.0838. The van der Waals surface area contributed by atoms with Crippen LogP contribution >= 0.6 is 0 Å². The molecule has 29 heavy (non-hydrogen) atoms. The number of benzene rings is 2. The third-order valence-electron chi connectivity index (χ3n) is 5.47. The molecule has 7 nitrogen and oxygen atoms in total. The van der Waals surface area contributed by atoms with E-state index in [-0.39, 0.29) is 24.4 Å². The number of nitrogens with one attached hydrogen (secondary N) is 1. The highest BCUT2D eigenvalue weighted by molar-refractivity contribution is 5.75. The van der Waals surface area contributed by atoms with Gasteiger partial charge < -0.3 is 15.0 Å².